The Morgan fingerprint density at radius 3 is 1.55 bits per heavy atom. The van der Waals surface area contributed by atoms with E-state index in [-0.39, 0.29) is 0 Å². The van der Waals surface area contributed by atoms with E-state index in [1.54, 1.807) is 24.3 Å². The summed E-state index contributed by atoms with van der Waals surface area (Å²) in [7, 11) is 1.21. The largest absolute Gasteiger partial charge is 0.462 e. The highest BCUT2D eigenvalue weighted by Crippen LogP contribution is 2.38. The molecule has 0 radical (unpaired) electrons. The molecule has 0 heterocycles. The third kappa shape index (κ3) is 5.49. The van der Waals surface area contributed by atoms with Gasteiger partial charge in [0.1, 0.15) is 0 Å². The quantitative estimate of drug-likeness (QED) is 0.168. The fourth-order valence-corrected chi connectivity index (χ4v) is 4.93. The second-order valence-electron chi connectivity index (χ2n) is 9.62. The molecule has 0 saturated heterocycles. The summed E-state index contributed by atoms with van der Waals surface area (Å²) < 4.78 is 4.81. The van der Waals surface area contributed by atoms with E-state index in [4.69, 9.17) is 16.3 Å². The molecule has 1 amide bonds. The van der Waals surface area contributed by atoms with Crippen molar-refractivity contribution >= 4 is 29.2 Å². The van der Waals surface area contributed by atoms with Gasteiger partial charge in [0.2, 0.25) is 0 Å². The molecule has 0 aliphatic carbocycles. The molecule has 38 heavy (non-hydrogen) atoms. The fraction of sp³-hybridized carbons (Fsp3) is 0.188. The molecule has 194 valence electrons. The first-order chi connectivity index (χ1) is 18.3. The van der Waals surface area contributed by atoms with Gasteiger partial charge in [0, 0.05) is 17.3 Å². The summed E-state index contributed by atoms with van der Waals surface area (Å²) in [5.74, 6) is -1.69. The van der Waals surface area contributed by atoms with Crippen LogP contribution in [0.1, 0.15) is 30.5 Å². The Morgan fingerprint density at radius 1 is 0.737 bits per heavy atom. The highest BCUT2D eigenvalue weighted by atomic mass is 35.5. The molecular weight excluding hydrogens is 496 g/mol. The zero-order chi connectivity index (χ0) is 27.2. The summed E-state index contributed by atoms with van der Waals surface area (Å²) in [6.07, 6.45) is 0. The summed E-state index contributed by atoms with van der Waals surface area (Å²) in [4.78, 5) is 27.2. The number of nitrogens with zero attached hydrogens (tertiary/aromatic N) is 1. The Labute approximate surface area is 229 Å². The number of ether oxygens (including phenoxy) is 1. The summed E-state index contributed by atoms with van der Waals surface area (Å²) >= 11 is 6.12. The number of nitrogens with one attached hydrogen (secondary N) is 1. The molecule has 4 rings (SSSR count). The van der Waals surface area contributed by atoms with Gasteiger partial charge in [-0.3, -0.25) is 15.0 Å². The smallest absolute Gasteiger partial charge is 0.397 e. The average Bonchev–Trinajstić information content (AvgIpc) is 2.95. The number of hydrogen-bond acceptors (Lipinski definition) is 4. The highest BCUT2D eigenvalue weighted by Gasteiger charge is 2.41. The van der Waals surface area contributed by atoms with Gasteiger partial charge in [-0.25, -0.2) is 4.79 Å². The zero-order valence-corrected chi connectivity index (χ0v) is 22.5. The Balaban J connectivity index is 1.84. The molecule has 4 aromatic carbocycles. The van der Waals surface area contributed by atoms with Crippen LogP contribution in [-0.2, 0) is 19.9 Å². The minimum atomic E-state index is -0.937. The van der Waals surface area contributed by atoms with Gasteiger partial charge in [-0.15, -0.1) is 0 Å². The van der Waals surface area contributed by atoms with E-state index < -0.39 is 23.0 Å². The maximum absolute atomic E-state index is 13.3. The van der Waals surface area contributed by atoms with Crippen LogP contribution in [0.3, 0.4) is 0 Å². The van der Waals surface area contributed by atoms with Crippen LogP contribution in [0.25, 0.3) is 0 Å². The van der Waals surface area contributed by atoms with Gasteiger partial charge in [-0.1, -0.05) is 103 Å². The minimum Gasteiger partial charge on any atom is -0.462 e. The van der Waals surface area contributed by atoms with Crippen molar-refractivity contribution in [2.45, 2.75) is 24.9 Å². The lowest BCUT2D eigenvalue weighted by Crippen LogP contribution is -2.59. The zero-order valence-electron chi connectivity index (χ0n) is 21.7. The van der Waals surface area contributed by atoms with E-state index in [2.05, 4.69) is 41.7 Å². The number of esters is 1. The van der Waals surface area contributed by atoms with Gasteiger partial charge in [0.05, 0.1) is 18.2 Å². The van der Waals surface area contributed by atoms with Crippen LogP contribution in [0.5, 0.6) is 0 Å². The molecule has 0 saturated carbocycles. The van der Waals surface area contributed by atoms with Crippen LogP contribution in [-0.4, -0.2) is 31.1 Å². The predicted molar refractivity (Wildman–Crippen MR) is 152 cm³/mol. The number of halogens is 1. The Morgan fingerprint density at radius 2 is 1.16 bits per heavy atom. The maximum atomic E-state index is 13.3. The van der Waals surface area contributed by atoms with Crippen LogP contribution in [0.2, 0.25) is 5.02 Å². The van der Waals surface area contributed by atoms with Crippen molar-refractivity contribution in [3.63, 3.8) is 0 Å². The lowest BCUT2D eigenvalue weighted by Gasteiger charge is -2.43. The van der Waals surface area contributed by atoms with Gasteiger partial charge in [-0.2, -0.15) is 0 Å². The molecule has 0 unspecified atom stereocenters. The first-order valence-corrected chi connectivity index (χ1v) is 12.8. The van der Waals surface area contributed by atoms with Gasteiger partial charge in [0.25, 0.3) is 0 Å². The van der Waals surface area contributed by atoms with Crippen molar-refractivity contribution in [2.75, 3.05) is 18.6 Å². The molecule has 0 aliphatic heterocycles. The summed E-state index contributed by atoms with van der Waals surface area (Å²) in [6, 6.07) is 37.5. The molecule has 1 N–H and O–H groups in total. The number of rotatable bonds is 8. The lowest BCUT2D eigenvalue weighted by atomic mass is 9.76. The lowest BCUT2D eigenvalue weighted by molar-refractivity contribution is -0.151. The number of benzene rings is 4. The molecule has 0 aliphatic rings. The van der Waals surface area contributed by atoms with Gasteiger partial charge < -0.3 is 4.74 Å². The van der Waals surface area contributed by atoms with E-state index in [1.165, 1.54) is 12.0 Å². The number of methoxy groups -OCH3 is 1. The first kappa shape index (κ1) is 27.1. The minimum absolute atomic E-state index is 0.330. The van der Waals surface area contributed by atoms with E-state index in [0.717, 1.165) is 16.7 Å². The van der Waals surface area contributed by atoms with Crippen LogP contribution >= 0.6 is 11.6 Å². The number of carbonyl (C=O) groups is 2. The molecule has 6 heteroatoms. The van der Waals surface area contributed by atoms with Crippen molar-refractivity contribution in [3.8, 4) is 0 Å². The SMILES string of the molecule is COC(=O)C(=O)N(c1ccc(Cl)cc1)C(C)(C)CNC(c1ccccc1)(c1ccccc1)c1ccccc1. The van der Waals surface area contributed by atoms with E-state index >= 15 is 0 Å². The molecule has 5 nitrogen and oxygen atoms in total. The molecule has 0 aromatic heterocycles. The van der Waals surface area contributed by atoms with Crippen LogP contribution in [0.15, 0.2) is 115 Å². The molecule has 0 fully saturated rings. The van der Waals surface area contributed by atoms with Gasteiger partial charge in [0.15, 0.2) is 0 Å². The van der Waals surface area contributed by atoms with Gasteiger partial charge >= 0.3 is 11.9 Å². The van der Waals surface area contributed by atoms with Crippen molar-refractivity contribution in [3.05, 3.63) is 137 Å². The molecule has 0 spiro atoms. The predicted octanol–water partition coefficient (Wildman–Crippen LogP) is 6.21. The molecule has 4 aromatic rings. The van der Waals surface area contributed by atoms with Crippen LogP contribution < -0.4 is 10.2 Å². The monoisotopic (exact) mass is 526 g/mol. The Hall–Kier alpha value is -3.93. The number of carbonyl (C=O) groups excluding carboxylic acids is 2. The number of anilines is 1. The van der Waals surface area contributed by atoms with Crippen molar-refractivity contribution in [1.82, 2.24) is 5.32 Å². The van der Waals surface area contributed by atoms with Crippen molar-refractivity contribution < 1.29 is 14.3 Å². The van der Waals surface area contributed by atoms with Crippen molar-refractivity contribution in [2.24, 2.45) is 0 Å². The standard InChI is InChI=1S/C32H31ClN2O3/c1-31(2,35(29(36)30(37)38-3)28-21-19-27(33)20-22-28)23-34-32(24-13-7-4-8-14-24,25-15-9-5-10-16-25)26-17-11-6-12-18-26/h4-22,34H,23H2,1-3H3. The topological polar surface area (TPSA) is 58.6 Å². The highest BCUT2D eigenvalue weighted by molar-refractivity contribution is 6.38. The fourth-order valence-electron chi connectivity index (χ4n) is 4.81. The third-order valence-corrected chi connectivity index (χ3v) is 6.91. The van der Waals surface area contributed by atoms with Crippen molar-refractivity contribution in [1.29, 1.82) is 0 Å². The van der Waals surface area contributed by atoms with Crippen LogP contribution in [0.4, 0.5) is 5.69 Å². The van der Waals surface area contributed by atoms with E-state index in [9.17, 15) is 9.59 Å². The van der Waals surface area contributed by atoms with E-state index in [1.807, 2.05) is 68.4 Å². The van der Waals surface area contributed by atoms with Gasteiger partial charge in [-0.05, 0) is 54.8 Å². The second-order valence-corrected chi connectivity index (χ2v) is 10.1. The molecule has 0 bridgehead atoms. The third-order valence-electron chi connectivity index (χ3n) is 6.66. The molecule has 0 atom stereocenters. The normalized spacial score (nSPS) is 11.6. The Bertz CT molecular complexity index is 1260. The van der Waals surface area contributed by atoms with E-state index in [0.29, 0.717) is 17.3 Å². The van der Waals surface area contributed by atoms with Crippen LogP contribution in [0, 0.1) is 0 Å². The molecular formula is C32H31ClN2O3. The Kier molecular flexibility index (Phi) is 8.30. The number of amides is 1. The second kappa shape index (κ2) is 11.6. The summed E-state index contributed by atoms with van der Waals surface area (Å²) in [5, 5.41) is 4.36. The first-order valence-electron chi connectivity index (χ1n) is 12.4. The summed E-state index contributed by atoms with van der Waals surface area (Å²) in [5.41, 5.74) is 2.09. The number of hydrogen-bond donors (Lipinski definition) is 1. The average molecular weight is 527 g/mol. The maximum Gasteiger partial charge on any atom is 0.397 e. The summed E-state index contributed by atoms with van der Waals surface area (Å²) in [6.45, 7) is 4.17.